The molecule has 62 heavy (non-hydrogen) atoms. The van der Waals surface area contributed by atoms with Gasteiger partial charge in [0.1, 0.15) is 22.3 Å². The van der Waals surface area contributed by atoms with Crippen LogP contribution in [-0.4, -0.2) is 0 Å². The second-order valence-corrected chi connectivity index (χ2v) is 18.0. The summed E-state index contributed by atoms with van der Waals surface area (Å²) >= 11 is 0. The van der Waals surface area contributed by atoms with Gasteiger partial charge in [0.05, 0.1) is 11.1 Å². The van der Waals surface area contributed by atoms with Crippen LogP contribution in [0, 0.1) is 0 Å². The Morgan fingerprint density at radius 1 is 0.371 bits per heavy atom. The summed E-state index contributed by atoms with van der Waals surface area (Å²) in [4.78, 5) is 2.47. The van der Waals surface area contributed by atoms with Crippen LogP contribution in [0.3, 0.4) is 0 Å². The molecule has 9 aromatic carbocycles. The van der Waals surface area contributed by atoms with E-state index in [2.05, 4.69) is 214 Å². The molecule has 0 unspecified atom stereocenters. The first-order chi connectivity index (χ1) is 30.4. The smallest absolute Gasteiger partial charge is 0.143 e. The molecule has 0 aliphatic heterocycles. The Bertz CT molecular complexity index is 3590. The summed E-state index contributed by atoms with van der Waals surface area (Å²) in [5.41, 5.74) is 19.9. The van der Waals surface area contributed by atoms with Crippen LogP contribution < -0.4 is 4.90 Å². The van der Waals surface area contributed by atoms with Gasteiger partial charge in [-0.1, -0.05) is 160 Å². The van der Waals surface area contributed by atoms with E-state index in [0.29, 0.717) is 0 Å². The average molecular weight is 796 g/mol. The summed E-state index contributed by atoms with van der Waals surface area (Å²) in [7, 11) is 0. The highest BCUT2D eigenvalue weighted by Crippen LogP contribution is 2.64. The molecule has 13 rings (SSSR count). The van der Waals surface area contributed by atoms with E-state index in [1.807, 2.05) is 6.07 Å². The Hall–Kier alpha value is -7.62. The lowest BCUT2D eigenvalue weighted by molar-refractivity contribution is 0.590. The van der Waals surface area contributed by atoms with Gasteiger partial charge >= 0.3 is 0 Å². The number of nitrogens with zero attached hydrogens (tertiary/aromatic N) is 1. The molecule has 2 aliphatic rings. The molecular weight excluding hydrogens is 755 g/mol. The van der Waals surface area contributed by atoms with Crippen molar-refractivity contribution < 1.29 is 8.83 Å². The molecule has 0 N–H and O–H groups in total. The maximum atomic E-state index is 6.88. The van der Waals surface area contributed by atoms with Crippen LogP contribution in [0.1, 0.15) is 48.6 Å². The Balaban J connectivity index is 1.18. The van der Waals surface area contributed by atoms with Crippen LogP contribution in [0.2, 0.25) is 0 Å². The van der Waals surface area contributed by atoms with Crippen molar-refractivity contribution in [3.8, 4) is 33.4 Å². The lowest BCUT2D eigenvalue weighted by Crippen LogP contribution is -2.26. The summed E-state index contributed by atoms with van der Waals surface area (Å²) < 4.78 is 13.3. The highest BCUT2D eigenvalue weighted by Gasteiger charge is 2.52. The standard InChI is InChI=1S/C59H41NO2/c1-58(2,3)36-27-29-37(30-28-36)60(38-31-32-56-48(33-38)43-19-8-12-25-54(43)61-56)53-35-52-46(34-47(53)45-21-14-20-44-42-18-7-13-26-55(42)62-57(44)45)41-17-6-11-24-51(41)59(52)49-22-9-4-15-39(49)40-16-5-10-23-50(40)59/h4-35H,1-3H3. The van der Waals surface area contributed by atoms with Gasteiger partial charge in [0.15, 0.2) is 0 Å². The molecule has 294 valence electrons. The van der Waals surface area contributed by atoms with Crippen LogP contribution in [0.15, 0.2) is 203 Å². The Labute approximate surface area is 360 Å². The molecule has 2 heterocycles. The third kappa shape index (κ3) is 4.76. The third-order valence-electron chi connectivity index (χ3n) is 13.7. The molecule has 2 aliphatic carbocycles. The highest BCUT2D eigenvalue weighted by atomic mass is 16.3. The fraction of sp³-hybridized carbons (Fsp3) is 0.0847. The molecule has 0 radical (unpaired) electrons. The predicted octanol–water partition coefficient (Wildman–Crippen LogP) is 16.3. The van der Waals surface area contributed by atoms with E-state index in [1.165, 1.54) is 50.1 Å². The molecule has 0 saturated heterocycles. The minimum atomic E-state index is -0.524. The van der Waals surface area contributed by atoms with Crippen molar-refractivity contribution >= 4 is 60.9 Å². The minimum Gasteiger partial charge on any atom is -0.456 e. The number of hydrogen-bond donors (Lipinski definition) is 0. The summed E-state index contributed by atoms with van der Waals surface area (Å²) in [5, 5.41) is 4.40. The van der Waals surface area contributed by atoms with Gasteiger partial charge in [-0.2, -0.15) is 0 Å². The van der Waals surface area contributed by atoms with Gasteiger partial charge in [-0.25, -0.2) is 0 Å². The number of furan rings is 2. The quantitative estimate of drug-likeness (QED) is 0.178. The molecule has 0 fully saturated rings. The van der Waals surface area contributed by atoms with E-state index >= 15 is 0 Å². The number of anilines is 3. The average Bonchev–Trinajstić information content (AvgIpc) is 4.04. The van der Waals surface area contributed by atoms with Crippen molar-refractivity contribution in [3.63, 3.8) is 0 Å². The van der Waals surface area contributed by atoms with Crippen LogP contribution in [0.5, 0.6) is 0 Å². The van der Waals surface area contributed by atoms with Crippen LogP contribution in [-0.2, 0) is 10.8 Å². The lowest BCUT2D eigenvalue weighted by atomic mass is 9.70. The minimum absolute atomic E-state index is 0.00490. The normalized spacial score (nSPS) is 13.5. The van der Waals surface area contributed by atoms with E-state index in [4.69, 9.17) is 8.83 Å². The zero-order valence-electron chi connectivity index (χ0n) is 34.7. The molecular formula is C59H41NO2. The molecule has 0 amide bonds. The molecule has 2 aromatic heterocycles. The van der Waals surface area contributed by atoms with Crippen molar-refractivity contribution in [2.24, 2.45) is 0 Å². The van der Waals surface area contributed by atoms with Gasteiger partial charge in [-0.3, -0.25) is 0 Å². The maximum absolute atomic E-state index is 6.88. The monoisotopic (exact) mass is 795 g/mol. The van der Waals surface area contributed by atoms with E-state index in [9.17, 15) is 0 Å². The van der Waals surface area contributed by atoms with Crippen molar-refractivity contribution in [2.45, 2.75) is 31.6 Å². The molecule has 11 aromatic rings. The third-order valence-corrected chi connectivity index (χ3v) is 13.7. The number of hydrogen-bond acceptors (Lipinski definition) is 3. The van der Waals surface area contributed by atoms with E-state index < -0.39 is 5.41 Å². The highest BCUT2D eigenvalue weighted by molar-refractivity contribution is 6.12. The molecule has 0 saturated carbocycles. The van der Waals surface area contributed by atoms with Gasteiger partial charge < -0.3 is 13.7 Å². The summed E-state index contributed by atoms with van der Waals surface area (Å²) in [5.74, 6) is 0. The molecule has 3 nitrogen and oxygen atoms in total. The van der Waals surface area contributed by atoms with Crippen molar-refractivity contribution in [1.29, 1.82) is 0 Å². The molecule has 1 spiro atoms. The topological polar surface area (TPSA) is 29.5 Å². The summed E-state index contributed by atoms with van der Waals surface area (Å²) in [6.45, 7) is 6.83. The molecule has 0 atom stereocenters. The number of para-hydroxylation sites is 3. The predicted molar refractivity (Wildman–Crippen MR) is 256 cm³/mol. The van der Waals surface area contributed by atoms with Crippen LogP contribution in [0.25, 0.3) is 77.3 Å². The van der Waals surface area contributed by atoms with Gasteiger partial charge in [-0.15, -0.1) is 0 Å². The molecule has 3 heteroatoms. The summed E-state index contributed by atoms with van der Waals surface area (Å²) in [6, 6.07) is 71.3. The number of benzene rings is 9. The SMILES string of the molecule is CC(C)(C)c1ccc(N(c2ccc3oc4ccccc4c3c2)c2cc3c(cc2-c2cccc4c2oc2ccccc24)-c2ccccc2C32c3ccccc3-c3ccccc32)cc1. The van der Waals surface area contributed by atoms with Crippen molar-refractivity contribution in [1.82, 2.24) is 0 Å². The number of fused-ring (bicyclic) bond motifs is 16. The second kappa shape index (κ2) is 12.7. The van der Waals surface area contributed by atoms with E-state index in [1.54, 1.807) is 0 Å². The van der Waals surface area contributed by atoms with Crippen LogP contribution in [0.4, 0.5) is 17.1 Å². The first kappa shape index (κ1) is 35.2. The van der Waals surface area contributed by atoms with Gasteiger partial charge in [0.25, 0.3) is 0 Å². The lowest BCUT2D eigenvalue weighted by Gasteiger charge is -2.33. The van der Waals surface area contributed by atoms with Gasteiger partial charge in [-0.05, 0) is 110 Å². The Kier molecular flexibility index (Phi) is 7.20. The van der Waals surface area contributed by atoms with Crippen LogP contribution >= 0.6 is 0 Å². The van der Waals surface area contributed by atoms with Gasteiger partial charge in [0, 0.05) is 44.0 Å². The zero-order chi connectivity index (χ0) is 41.3. The van der Waals surface area contributed by atoms with Crippen molar-refractivity contribution in [3.05, 3.63) is 222 Å². The first-order valence-corrected chi connectivity index (χ1v) is 21.6. The van der Waals surface area contributed by atoms with Gasteiger partial charge in [0.2, 0.25) is 0 Å². The fourth-order valence-electron chi connectivity index (χ4n) is 10.9. The molecule has 0 bridgehead atoms. The van der Waals surface area contributed by atoms with E-state index in [-0.39, 0.29) is 5.41 Å². The first-order valence-electron chi connectivity index (χ1n) is 21.6. The Morgan fingerprint density at radius 2 is 0.887 bits per heavy atom. The zero-order valence-corrected chi connectivity index (χ0v) is 34.7. The fourth-order valence-corrected chi connectivity index (χ4v) is 10.9. The van der Waals surface area contributed by atoms with Crippen molar-refractivity contribution in [2.75, 3.05) is 4.90 Å². The summed E-state index contributed by atoms with van der Waals surface area (Å²) in [6.07, 6.45) is 0. The number of rotatable bonds is 4. The largest absolute Gasteiger partial charge is 0.456 e. The second-order valence-electron chi connectivity index (χ2n) is 18.0. The van der Waals surface area contributed by atoms with E-state index in [0.717, 1.165) is 72.1 Å². The Morgan fingerprint density at radius 3 is 1.55 bits per heavy atom. The maximum Gasteiger partial charge on any atom is 0.143 e.